The average molecular weight is 267 g/mol. The fourth-order valence-electron chi connectivity index (χ4n) is 1.98. The highest BCUT2D eigenvalue weighted by Gasteiger charge is 2.13. The van der Waals surface area contributed by atoms with Crippen molar-refractivity contribution >= 4 is 11.6 Å². The van der Waals surface area contributed by atoms with Crippen molar-refractivity contribution in [3.63, 3.8) is 0 Å². The van der Waals surface area contributed by atoms with Gasteiger partial charge >= 0.3 is 5.69 Å². The molecule has 0 fully saturated rings. The van der Waals surface area contributed by atoms with Crippen molar-refractivity contribution < 1.29 is 0 Å². The van der Waals surface area contributed by atoms with Gasteiger partial charge in [0.1, 0.15) is 5.15 Å². The van der Waals surface area contributed by atoms with Crippen LogP contribution in [0.1, 0.15) is 22.6 Å². The summed E-state index contributed by atoms with van der Waals surface area (Å²) in [5.74, 6) is 0. The Kier molecular flexibility index (Phi) is 3.26. The van der Waals surface area contributed by atoms with Crippen LogP contribution in [0, 0.1) is 20.8 Å². The van der Waals surface area contributed by atoms with Gasteiger partial charge in [-0.1, -0.05) is 11.6 Å². The van der Waals surface area contributed by atoms with Crippen molar-refractivity contribution in [2.45, 2.75) is 27.3 Å². The molecule has 0 saturated carbocycles. The Balaban J connectivity index is 2.50. The molecule has 0 aliphatic carbocycles. The molecule has 0 N–H and O–H groups in total. The summed E-state index contributed by atoms with van der Waals surface area (Å²) in [6.45, 7) is 5.97. The SMILES string of the molecule is Cc1cc(C)n(Cc2c(C)nn(C)c2Cl)c(=O)n1. The standard InChI is InChI=1S/C12H15ClN4O/c1-7-5-8(2)17(12(18)14-7)6-10-9(3)15-16(4)11(10)13/h5H,6H2,1-4H3. The molecule has 0 amide bonds. The lowest BCUT2D eigenvalue weighted by Gasteiger charge is -2.09. The summed E-state index contributed by atoms with van der Waals surface area (Å²) in [6, 6.07) is 1.88. The summed E-state index contributed by atoms with van der Waals surface area (Å²) < 4.78 is 3.21. The monoisotopic (exact) mass is 266 g/mol. The summed E-state index contributed by atoms with van der Waals surface area (Å²) in [4.78, 5) is 15.8. The second kappa shape index (κ2) is 4.57. The van der Waals surface area contributed by atoms with Gasteiger partial charge in [-0.3, -0.25) is 9.25 Å². The maximum absolute atomic E-state index is 11.9. The number of rotatable bonds is 2. The van der Waals surface area contributed by atoms with Gasteiger partial charge in [-0.05, 0) is 26.8 Å². The molecule has 0 atom stereocenters. The van der Waals surface area contributed by atoms with E-state index in [4.69, 9.17) is 11.6 Å². The van der Waals surface area contributed by atoms with Crippen molar-refractivity contribution in [1.82, 2.24) is 19.3 Å². The first-order valence-corrected chi connectivity index (χ1v) is 6.01. The van der Waals surface area contributed by atoms with Crippen LogP contribution in [0.5, 0.6) is 0 Å². The zero-order valence-corrected chi connectivity index (χ0v) is 11.6. The number of halogens is 1. The third-order valence-electron chi connectivity index (χ3n) is 2.93. The number of aromatic nitrogens is 4. The fraction of sp³-hybridized carbons (Fsp3) is 0.417. The number of nitrogens with zero attached hydrogens (tertiary/aromatic N) is 4. The van der Waals surface area contributed by atoms with Crippen LogP contribution in [0.25, 0.3) is 0 Å². The minimum absolute atomic E-state index is 0.258. The molecule has 2 heterocycles. The Morgan fingerprint density at radius 1 is 1.33 bits per heavy atom. The molecule has 0 unspecified atom stereocenters. The molecule has 2 rings (SSSR count). The molecule has 6 heteroatoms. The van der Waals surface area contributed by atoms with E-state index >= 15 is 0 Å². The second-order valence-electron chi connectivity index (χ2n) is 4.39. The molecule has 0 radical (unpaired) electrons. The molecule has 96 valence electrons. The van der Waals surface area contributed by atoms with E-state index in [1.165, 1.54) is 0 Å². The fourth-order valence-corrected chi connectivity index (χ4v) is 2.21. The Labute approximate surface area is 110 Å². The highest BCUT2D eigenvalue weighted by atomic mass is 35.5. The molecule has 0 spiro atoms. The highest BCUT2D eigenvalue weighted by molar-refractivity contribution is 6.30. The number of aryl methyl sites for hydroxylation is 4. The summed E-state index contributed by atoms with van der Waals surface area (Å²) in [7, 11) is 1.78. The van der Waals surface area contributed by atoms with Crippen LogP contribution < -0.4 is 5.69 Å². The first-order chi connectivity index (χ1) is 8.40. The van der Waals surface area contributed by atoms with Crippen molar-refractivity contribution in [2.75, 3.05) is 0 Å². The molecule has 0 aromatic carbocycles. The molecular formula is C12H15ClN4O. The van der Waals surface area contributed by atoms with Gasteiger partial charge in [0.15, 0.2) is 0 Å². The molecule has 2 aromatic rings. The molecule has 2 aromatic heterocycles. The van der Waals surface area contributed by atoms with E-state index in [1.807, 2.05) is 19.9 Å². The normalized spacial score (nSPS) is 10.9. The van der Waals surface area contributed by atoms with Gasteiger partial charge in [0.25, 0.3) is 0 Å². The Morgan fingerprint density at radius 2 is 2.00 bits per heavy atom. The van der Waals surface area contributed by atoms with Gasteiger partial charge in [-0.2, -0.15) is 10.1 Å². The van der Waals surface area contributed by atoms with Crippen molar-refractivity contribution in [2.24, 2.45) is 7.05 Å². The van der Waals surface area contributed by atoms with Crippen LogP contribution in [0.4, 0.5) is 0 Å². The minimum atomic E-state index is -0.258. The minimum Gasteiger partial charge on any atom is -0.292 e. The van der Waals surface area contributed by atoms with Gasteiger partial charge in [-0.25, -0.2) is 4.79 Å². The van der Waals surface area contributed by atoms with E-state index in [1.54, 1.807) is 23.2 Å². The molecule has 0 aliphatic heterocycles. The van der Waals surface area contributed by atoms with Crippen LogP contribution in [-0.4, -0.2) is 19.3 Å². The zero-order chi connectivity index (χ0) is 13.4. The third kappa shape index (κ3) is 2.18. The summed E-state index contributed by atoms with van der Waals surface area (Å²) in [5, 5.41) is 4.79. The maximum Gasteiger partial charge on any atom is 0.348 e. The van der Waals surface area contributed by atoms with Gasteiger partial charge in [-0.15, -0.1) is 0 Å². The van der Waals surface area contributed by atoms with Crippen LogP contribution >= 0.6 is 11.6 Å². The summed E-state index contributed by atoms with van der Waals surface area (Å²) in [6.07, 6.45) is 0. The molecule has 0 saturated heterocycles. The van der Waals surface area contributed by atoms with Gasteiger partial charge < -0.3 is 0 Å². The van der Waals surface area contributed by atoms with Crippen LogP contribution in [0.3, 0.4) is 0 Å². The van der Waals surface area contributed by atoms with E-state index < -0.39 is 0 Å². The van der Waals surface area contributed by atoms with E-state index in [0.717, 1.165) is 22.6 Å². The zero-order valence-electron chi connectivity index (χ0n) is 10.9. The Morgan fingerprint density at radius 3 is 2.50 bits per heavy atom. The van der Waals surface area contributed by atoms with E-state index in [9.17, 15) is 4.79 Å². The third-order valence-corrected chi connectivity index (χ3v) is 3.41. The second-order valence-corrected chi connectivity index (χ2v) is 4.74. The van der Waals surface area contributed by atoms with Crippen LogP contribution in [0.15, 0.2) is 10.9 Å². The lowest BCUT2D eigenvalue weighted by Crippen LogP contribution is -2.26. The topological polar surface area (TPSA) is 52.7 Å². The predicted molar refractivity (Wildman–Crippen MR) is 70.0 cm³/mol. The Bertz CT molecular complexity index is 657. The van der Waals surface area contributed by atoms with E-state index in [-0.39, 0.29) is 5.69 Å². The number of hydrogen-bond donors (Lipinski definition) is 0. The average Bonchev–Trinajstić information content (AvgIpc) is 2.48. The quantitative estimate of drug-likeness (QED) is 0.830. The Hall–Kier alpha value is -1.62. The van der Waals surface area contributed by atoms with Gasteiger partial charge in [0, 0.05) is 24.0 Å². The molecule has 18 heavy (non-hydrogen) atoms. The number of hydrogen-bond acceptors (Lipinski definition) is 3. The maximum atomic E-state index is 11.9. The van der Waals surface area contributed by atoms with Crippen LogP contribution in [-0.2, 0) is 13.6 Å². The smallest absolute Gasteiger partial charge is 0.292 e. The van der Waals surface area contributed by atoms with E-state index in [2.05, 4.69) is 10.1 Å². The van der Waals surface area contributed by atoms with Crippen molar-refractivity contribution in [3.8, 4) is 0 Å². The largest absolute Gasteiger partial charge is 0.348 e. The van der Waals surface area contributed by atoms with Crippen molar-refractivity contribution in [1.29, 1.82) is 0 Å². The first-order valence-electron chi connectivity index (χ1n) is 5.63. The molecule has 5 nitrogen and oxygen atoms in total. The summed E-state index contributed by atoms with van der Waals surface area (Å²) in [5.41, 5.74) is 3.02. The van der Waals surface area contributed by atoms with Gasteiger partial charge in [0.2, 0.25) is 0 Å². The lowest BCUT2D eigenvalue weighted by atomic mass is 10.2. The molecule has 0 bridgehead atoms. The predicted octanol–water partition coefficient (Wildman–Crippen LogP) is 1.60. The highest BCUT2D eigenvalue weighted by Crippen LogP contribution is 2.19. The summed E-state index contributed by atoms with van der Waals surface area (Å²) >= 11 is 6.16. The van der Waals surface area contributed by atoms with E-state index in [0.29, 0.717) is 11.7 Å². The van der Waals surface area contributed by atoms with Gasteiger partial charge in [0.05, 0.1) is 12.2 Å². The first kappa shape index (κ1) is 12.8. The molecule has 0 aliphatic rings. The van der Waals surface area contributed by atoms with Crippen molar-refractivity contribution in [3.05, 3.63) is 44.3 Å². The van der Waals surface area contributed by atoms with Crippen LogP contribution in [0.2, 0.25) is 5.15 Å². The molecular weight excluding hydrogens is 252 g/mol. The lowest BCUT2D eigenvalue weighted by molar-refractivity contribution is 0.691.